The fourth-order valence-electron chi connectivity index (χ4n) is 4.15. The molecule has 4 rings (SSSR count). The van der Waals surface area contributed by atoms with E-state index >= 15 is 0 Å². The van der Waals surface area contributed by atoms with Crippen LogP contribution in [-0.4, -0.2) is 57.5 Å². The Bertz CT molecular complexity index is 808. The molecule has 2 aromatic rings. The van der Waals surface area contributed by atoms with Crippen molar-refractivity contribution in [2.45, 2.75) is 31.7 Å². The summed E-state index contributed by atoms with van der Waals surface area (Å²) in [5.41, 5.74) is 1.03. The van der Waals surface area contributed by atoms with Crippen LogP contribution in [0.3, 0.4) is 0 Å². The molecule has 2 saturated heterocycles. The first-order valence-electron chi connectivity index (χ1n) is 8.85. The van der Waals surface area contributed by atoms with Gasteiger partial charge in [-0.2, -0.15) is 0 Å². The van der Waals surface area contributed by atoms with E-state index in [1.165, 1.54) is 30.5 Å². The zero-order valence-electron chi connectivity index (χ0n) is 14.1. The van der Waals surface area contributed by atoms with Crippen molar-refractivity contribution < 1.29 is 4.79 Å². The van der Waals surface area contributed by atoms with E-state index in [4.69, 9.17) is 0 Å². The van der Waals surface area contributed by atoms with E-state index in [0.717, 1.165) is 31.3 Å². The lowest BCUT2D eigenvalue weighted by Crippen LogP contribution is -2.46. The van der Waals surface area contributed by atoms with Gasteiger partial charge in [0.05, 0.1) is 5.56 Å². The number of piperidine rings is 1. The van der Waals surface area contributed by atoms with E-state index in [1.807, 2.05) is 11.0 Å². The van der Waals surface area contributed by atoms with E-state index < -0.39 is 0 Å². The largest absolute Gasteiger partial charge is 0.357 e. The van der Waals surface area contributed by atoms with Gasteiger partial charge in [-0.25, -0.2) is 0 Å². The van der Waals surface area contributed by atoms with Gasteiger partial charge in [-0.05, 0) is 44.8 Å². The van der Waals surface area contributed by atoms with Crippen LogP contribution in [0.25, 0.3) is 10.9 Å². The van der Waals surface area contributed by atoms with E-state index in [0.29, 0.717) is 17.1 Å². The van der Waals surface area contributed by atoms with Crippen molar-refractivity contribution in [1.29, 1.82) is 0 Å². The van der Waals surface area contributed by atoms with Gasteiger partial charge in [0, 0.05) is 44.0 Å². The number of hydrogen-bond donors (Lipinski definition) is 1. The Balaban J connectivity index is 1.54. The molecule has 1 N–H and O–H groups in total. The highest BCUT2D eigenvalue weighted by Crippen LogP contribution is 2.23. The molecule has 0 bridgehead atoms. The molecule has 0 unspecified atom stereocenters. The number of rotatable bonds is 2. The van der Waals surface area contributed by atoms with Gasteiger partial charge in [-0.15, -0.1) is 0 Å². The molecule has 24 heavy (non-hydrogen) atoms. The minimum absolute atomic E-state index is 0.0371. The predicted octanol–water partition coefficient (Wildman–Crippen LogP) is 1.57. The van der Waals surface area contributed by atoms with Crippen LogP contribution in [0.15, 0.2) is 23.3 Å². The number of amides is 1. The molecular formula is C18H24N4O2. The number of aromatic nitrogens is 2. The van der Waals surface area contributed by atoms with Crippen molar-refractivity contribution in [3.8, 4) is 0 Å². The Labute approximate surface area is 141 Å². The second-order valence-corrected chi connectivity index (χ2v) is 6.99. The number of aromatic amines is 1. The Hall–Kier alpha value is -2.08. The van der Waals surface area contributed by atoms with Crippen LogP contribution in [-0.2, 0) is 7.05 Å². The summed E-state index contributed by atoms with van der Waals surface area (Å²) in [6, 6.07) is 2.45. The number of carbonyl (C=O) groups excluding carboxylic acids is 1. The van der Waals surface area contributed by atoms with Gasteiger partial charge in [0.25, 0.3) is 11.5 Å². The quantitative estimate of drug-likeness (QED) is 0.910. The van der Waals surface area contributed by atoms with E-state index in [1.54, 1.807) is 19.4 Å². The third kappa shape index (κ3) is 2.55. The molecule has 0 spiro atoms. The van der Waals surface area contributed by atoms with Crippen LogP contribution in [0, 0.1) is 0 Å². The first-order valence-corrected chi connectivity index (χ1v) is 8.85. The first-order chi connectivity index (χ1) is 11.6. The molecule has 128 valence electrons. The maximum Gasteiger partial charge on any atom is 0.274 e. The highest BCUT2D eigenvalue weighted by Gasteiger charge is 2.29. The fraction of sp³-hybridized carbons (Fsp3) is 0.556. The van der Waals surface area contributed by atoms with E-state index in [9.17, 15) is 9.59 Å². The molecule has 2 aliphatic heterocycles. The highest BCUT2D eigenvalue weighted by molar-refractivity contribution is 6.05. The predicted molar refractivity (Wildman–Crippen MR) is 93.3 cm³/mol. The monoisotopic (exact) mass is 328 g/mol. The molecule has 4 heterocycles. The lowest BCUT2D eigenvalue weighted by Gasteiger charge is -2.36. The summed E-state index contributed by atoms with van der Waals surface area (Å²) in [7, 11) is 1.69. The molecule has 2 fully saturated rings. The lowest BCUT2D eigenvalue weighted by atomic mass is 10.0. The summed E-state index contributed by atoms with van der Waals surface area (Å²) in [5, 5.41) is 0.727. The minimum Gasteiger partial charge on any atom is -0.357 e. The SMILES string of the molecule is Cn1cc(C(=O)N2CCC(N3CCCC3)CC2)c2cc[nH]c2c1=O. The molecule has 0 aromatic carbocycles. The maximum absolute atomic E-state index is 13.0. The number of nitrogens with one attached hydrogen (secondary N) is 1. The maximum atomic E-state index is 13.0. The zero-order chi connectivity index (χ0) is 16.7. The smallest absolute Gasteiger partial charge is 0.274 e. The second kappa shape index (κ2) is 6.09. The summed E-state index contributed by atoms with van der Waals surface area (Å²) in [4.78, 5) is 32.6. The van der Waals surface area contributed by atoms with Gasteiger partial charge < -0.3 is 19.4 Å². The third-order valence-electron chi connectivity index (χ3n) is 5.53. The fourth-order valence-corrected chi connectivity index (χ4v) is 4.15. The van der Waals surface area contributed by atoms with Crippen molar-refractivity contribution in [3.05, 3.63) is 34.4 Å². The molecule has 6 nitrogen and oxygen atoms in total. The third-order valence-corrected chi connectivity index (χ3v) is 5.53. The van der Waals surface area contributed by atoms with Crippen LogP contribution in [0.2, 0.25) is 0 Å². The number of carbonyl (C=O) groups is 1. The number of H-pyrrole nitrogens is 1. The van der Waals surface area contributed by atoms with Crippen LogP contribution in [0.5, 0.6) is 0 Å². The Morgan fingerprint density at radius 2 is 1.88 bits per heavy atom. The normalized spacial score (nSPS) is 20.1. The molecule has 0 atom stereocenters. The summed E-state index contributed by atoms with van der Waals surface area (Å²) >= 11 is 0. The standard InChI is InChI=1S/C18H24N4O2/c1-20-12-15(14-4-7-19-16(14)18(20)24)17(23)22-10-5-13(6-11-22)21-8-2-3-9-21/h4,7,12-13,19H,2-3,5-6,8-11H2,1H3. The summed E-state index contributed by atoms with van der Waals surface area (Å²) in [5.74, 6) is 0.0371. The molecule has 2 aliphatic rings. The van der Waals surface area contributed by atoms with Gasteiger partial charge >= 0.3 is 0 Å². The van der Waals surface area contributed by atoms with Crippen LogP contribution in [0.4, 0.5) is 0 Å². The highest BCUT2D eigenvalue weighted by atomic mass is 16.2. The van der Waals surface area contributed by atoms with E-state index in [2.05, 4.69) is 9.88 Å². The van der Waals surface area contributed by atoms with Crippen LogP contribution < -0.4 is 5.56 Å². The van der Waals surface area contributed by atoms with Gasteiger partial charge in [0.15, 0.2) is 0 Å². The molecule has 0 aliphatic carbocycles. The molecular weight excluding hydrogens is 304 g/mol. The molecule has 0 saturated carbocycles. The van der Waals surface area contributed by atoms with Crippen LogP contribution in [0.1, 0.15) is 36.0 Å². The van der Waals surface area contributed by atoms with Gasteiger partial charge in [-0.3, -0.25) is 9.59 Å². The Kier molecular flexibility index (Phi) is 3.92. The van der Waals surface area contributed by atoms with Gasteiger partial charge in [0.1, 0.15) is 5.52 Å². The van der Waals surface area contributed by atoms with Crippen LogP contribution >= 0.6 is 0 Å². The van der Waals surface area contributed by atoms with Crippen molar-refractivity contribution in [1.82, 2.24) is 19.4 Å². The average molecular weight is 328 g/mol. The molecule has 6 heteroatoms. The van der Waals surface area contributed by atoms with Gasteiger partial charge in [0.2, 0.25) is 0 Å². The first kappa shape index (κ1) is 15.4. The van der Waals surface area contributed by atoms with Gasteiger partial charge in [-0.1, -0.05) is 0 Å². The number of likely N-dealkylation sites (tertiary alicyclic amines) is 2. The topological polar surface area (TPSA) is 61.3 Å². The number of pyridine rings is 1. The van der Waals surface area contributed by atoms with Crippen molar-refractivity contribution in [3.63, 3.8) is 0 Å². The summed E-state index contributed by atoms with van der Waals surface area (Å²) in [6.07, 6.45) is 8.11. The molecule has 2 aromatic heterocycles. The Morgan fingerprint density at radius 3 is 2.58 bits per heavy atom. The second-order valence-electron chi connectivity index (χ2n) is 6.99. The number of fused-ring (bicyclic) bond motifs is 1. The minimum atomic E-state index is -0.0979. The number of aryl methyl sites for hydroxylation is 1. The summed E-state index contributed by atoms with van der Waals surface area (Å²) in [6.45, 7) is 4.02. The molecule has 1 amide bonds. The van der Waals surface area contributed by atoms with E-state index in [-0.39, 0.29) is 11.5 Å². The number of nitrogens with zero attached hydrogens (tertiary/aromatic N) is 3. The summed E-state index contributed by atoms with van der Waals surface area (Å²) < 4.78 is 1.49. The number of hydrogen-bond acceptors (Lipinski definition) is 3. The lowest BCUT2D eigenvalue weighted by molar-refractivity contribution is 0.0645. The Morgan fingerprint density at radius 1 is 1.17 bits per heavy atom. The van der Waals surface area contributed by atoms with Crippen molar-refractivity contribution in [2.24, 2.45) is 7.05 Å². The average Bonchev–Trinajstić information content (AvgIpc) is 3.29. The van der Waals surface area contributed by atoms with Crippen molar-refractivity contribution >= 4 is 16.8 Å². The van der Waals surface area contributed by atoms with Crippen molar-refractivity contribution in [2.75, 3.05) is 26.2 Å². The zero-order valence-corrected chi connectivity index (χ0v) is 14.1. The molecule has 0 radical (unpaired) electrons.